The molecule has 2 N–H and O–H groups in total. The number of pyridine rings is 1. The smallest absolute Gasteiger partial charge is 0.387 e. The van der Waals surface area contributed by atoms with E-state index >= 15 is 0 Å². The second kappa shape index (κ2) is 9.25. The number of rotatable bonds is 6. The van der Waals surface area contributed by atoms with Crippen LogP contribution in [0.4, 0.5) is 14.5 Å². The highest BCUT2D eigenvalue weighted by Crippen LogP contribution is 2.21. The Hall–Kier alpha value is -3.32. The van der Waals surface area contributed by atoms with Gasteiger partial charge in [0, 0.05) is 23.4 Å². The van der Waals surface area contributed by atoms with E-state index in [0.717, 1.165) is 5.56 Å². The highest BCUT2D eigenvalue weighted by atomic mass is 32.1. The number of hydrogen-bond donors (Lipinski definition) is 2. The molecule has 2 aromatic carbocycles. The van der Waals surface area contributed by atoms with Crippen molar-refractivity contribution in [3.63, 3.8) is 0 Å². The van der Waals surface area contributed by atoms with Gasteiger partial charge in [-0.05, 0) is 31.2 Å². The molecule has 1 heterocycles. The minimum absolute atomic E-state index is 0.0105. The third kappa shape index (κ3) is 5.36. The predicted molar refractivity (Wildman–Crippen MR) is 113 cm³/mol. The van der Waals surface area contributed by atoms with Crippen LogP contribution in [0.15, 0.2) is 79.1 Å². The molecule has 0 saturated heterocycles. The minimum atomic E-state index is -2.88. The van der Waals surface area contributed by atoms with Gasteiger partial charge in [-0.15, -0.1) is 0 Å². The van der Waals surface area contributed by atoms with Crippen LogP contribution in [0.5, 0.6) is 5.75 Å². The van der Waals surface area contributed by atoms with E-state index in [2.05, 4.69) is 10.1 Å². The molecule has 0 atom stereocenters. The molecule has 3 aromatic rings. The molecule has 4 nitrogen and oxygen atoms in total. The predicted octanol–water partition coefficient (Wildman–Crippen LogP) is 5.21. The number of benzene rings is 2. The maximum atomic E-state index is 12.3. The van der Waals surface area contributed by atoms with Crippen LogP contribution in [-0.2, 0) is 0 Å². The van der Waals surface area contributed by atoms with Crippen molar-refractivity contribution in [3.05, 3.63) is 90.3 Å². The molecule has 0 fully saturated rings. The largest absolute Gasteiger partial charge is 0.502 e. The lowest BCUT2D eigenvalue weighted by Crippen LogP contribution is -2.38. The van der Waals surface area contributed by atoms with Gasteiger partial charge in [-0.3, -0.25) is 0 Å². The maximum Gasteiger partial charge on any atom is 0.387 e. The normalized spacial score (nSPS) is 11.7. The Morgan fingerprint density at radius 2 is 1.62 bits per heavy atom. The number of ether oxygens (including phenoxy) is 1. The lowest BCUT2D eigenvalue weighted by atomic mass is 10.1. The van der Waals surface area contributed by atoms with Gasteiger partial charge in [0.25, 0.3) is 5.70 Å². The summed E-state index contributed by atoms with van der Waals surface area (Å²) < 4.78 is 30.7. The molecule has 0 unspecified atom stereocenters. The van der Waals surface area contributed by atoms with Crippen LogP contribution >= 0.6 is 12.2 Å². The third-order valence-electron chi connectivity index (χ3n) is 4.08. The number of aliphatic hydroxyl groups excluding tert-OH is 1. The first-order chi connectivity index (χ1) is 13.9. The first kappa shape index (κ1) is 20.4. The molecule has 3 rings (SSSR count). The van der Waals surface area contributed by atoms with E-state index in [1.54, 1.807) is 29.1 Å². The van der Waals surface area contributed by atoms with Gasteiger partial charge in [-0.1, -0.05) is 48.1 Å². The molecule has 1 aromatic heterocycles. The van der Waals surface area contributed by atoms with E-state index < -0.39 is 6.61 Å². The molecule has 0 saturated carbocycles. The van der Waals surface area contributed by atoms with E-state index in [1.165, 1.54) is 12.1 Å². The lowest BCUT2D eigenvalue weighted by molar-refractivity contribution is -0.575. The molecule has 0 aliphatic rings. The highest BCUT2D eigenvalue weighted by Gasteiger charge is 2.23. The lowest BCUT2D eigenvalue weighted by Gasteiger charge is -2.11. The number of alkyl halides is 2. The van der Waals surface area contributed by atoms with E-state index in [1.807, 2.05) is 49.4 Å². The van der Waals surface area contributed by atoms with Crippen molar-refractivity contribution in [1.82, 2.24) is 0 Å². The Balaban J connectivity index is 1.93. The van der Waals surface area contributed by atoms with Crippen LogP contribution < -0.4 is 14.6 Å². The van der Waals surface area contributed by atoms with Gasteiger partial charge in [0.2, 0.25) is 0 Å². The van der Waals surface area contributed by atoms with Gasteiger partial charge in [0.05, 0.1) is 0 Å². The van der Waals surface area contributed by atoms with Crippen LogP contribution in [-0.4, -0.2) is 16.7 Å². The molecule has 0 spiro atoms. The van der Waals surface area contributed by atoms with Crippen LogP contribution in [0, 0.1) is 6.92 Å². The first-order valence-corrected chi connectivity index (χ1v) is 9.18. The number of aryl methyl sites for hydroxylation is 1. The van der Waals surface area contributed by atoms with Gasteiger partial charge < -0.3 is 15.2 Å². The minimum Gasteiger partial charge on any atom is -0.502 e. The fraction of sp³-hybridized carbons (Fsp3) is 0.0909. The van der Waals surface area contributed by atoms with Crippen molar-refractivity contribution in [3.8, 4) is 5.75 Å². The van der Waals surface area contributed by atoms with Crippen LogP contribution in [0.3, 0.4) is 0 Å². The average Bonchev–Trinajstić information content (AvgIpc) is 2.70. The zero-order chi connectivity index (χ0) is 20.8. The summed E-state index contributed by atoms with van der Waals surface area (Å²) in [7, 11) is 0. The summed E-state index contributed by atoms with van der Waals surface area (Å²) in [4.78, 5) is 0.266. The Morgan fingerprint density at radius 3 is 2.21 bits per heavy atom. The van der Waals surface area contributed by atoms with Crippen molar-refractivity contribution >= 4 is 34.3 Å². The standard InChI is InChI=1S/C22H18F2N2O2S/c1-15-5-7-16(8-6-15)20(27)19(26-13-3-2-4-14-26)21(29)25-17-9-11-18(12-10-17)28-22(23)24/h2-14,22H,1H3,(H-,25,27,29)/p+1. The number of nitrogens with zero attached hydrogens (tertiary/aromatic N) is 1. The molecule has 0 aliphatic carbocycles. The van der Waals surface area contributed by atoms with Gasteiger partial charge in [0.15, 0.2) is 23.1 Å². The quantitative estimate of drug-likeness (QED) is 0.252. The zero-order valence-corrected chi connectivity index (χ0v) is 16.4. The van der Waals surface area contributed by atoms with Gasteiger partial charge >= 0.3 is 6.61 Å². The van der Waals surface area contributed by atoms with E-state index in [9.17, 15) is 13.9 Å². The molecular weight excluding hydrogens is 394 g/mol. The SMILES string of the molecule is Cc1ccc(/C(O)=C(/C(=S)Nc2ccc(OC(F)F)cc2)[n+]2ccccc2)cc1. The number of aromatic nitrogens is 1. The molecular formula is C22H19F2N2O2S+. The molecule has 0 bridgehead atoms. The van der Waals surface area contributed by atoms with E-state index in [4.69, 9.17) is 12.2 Å². The fourth-order valence-corrected chi connectivity index (χ4v) is 2.97. The monoisotopic (exact) mass is 413 g/mol. The van der Waals surface area contributed by atoms with Crippen molar-refractivity contribution in [2.75, 3.05) is 5.32 Å². The maximum absolute atomic E-state index is 12.3. The van der Waals surface area contributed by atoms with Crippen molar-refractivity contribution in [2.45, 2.75) is 13.5 Å². The Kier molecular flexibility index (Phi) is 6.51. The van der Waals surface area contributed by atoms with Gasteiger partial charge in [-0.2, -0.15) is 13.3 Å². The van der Waals surface area contributed by atoms with E-state index in [-0.39, 0.29) is 16.5 Å². The van der Waals surface area contributed by atoms with Crippen molar-refractivity contribution in [2.24, 2.45) is 0 Å². The summed E-state index contributed by atoms with van der Waals surface area (Å²) in [6.07, 6.45) is 3.54. The summed E-state index contributed by atoms with van der Waals surface area (Å²) >= 11 is 5.54. The number of thiocarbonyl (C=S) groups is 1. The fourth-order valence-electron chi connectivity index (χ4n) is 2.65. The second-order valence-corrected chi connectivity index (χ2v) is 6.61. The number of aliphatic hydroxyl groups is 1. The average molecular weight is 413 g/mol. The van der Waals surface area contributed by atoms with Crippen LogP contribution in [0.25, 0.3) is 11.5 Å². The molecule has 0 radical (unpaired) electrons. The summed E-state index contributed by atoms with van der Waals surface area (Å²) in [5.41, 5.74) is 2.65. The molecule has 29 heavy (non-hydrogen) atoms. The molecule has 0 amide bonds. The Morgan fingerprint density at radius 1 is 1.00 bits per heavy atom. The second-order valence-electron chi connectivity index (χ2n) is 6.20. The van der Waals surface area contributed by atoms with E-state index in [0.29, 0.717) is 16.9 Å². The number of anilines is 1. The van der Waals surface area contributed by atoms with Crippen molar-refractivity contribution in [1.29, 1.82) is 0 Å². The highest BCUT2D eigenvalue weighted by molar-refractivity contribution is 7.81. The summed E-state index contributed by atoms with van der Waals surface area (Å²) in [6, 6.07) is 18.9. The number of hydrogen-bond acceptors (Lipinski definition) is 3. The van der Waals surface area contributed by atoms with Gasteiger partial charge in [0.1, 0.15) is 5.75 Å². The summed E-state index contributed by atoms with van der Waals surface area (Å²) in [6.45, 7) is -0.921. The summed E-state index contributed by atoms with van der Waals surface area (Å²) in [5, 5.41) is 14.0. The molecule has 0 aliphatic heterocycles. The number of halogens is 2. The molecule has 7 heteroatoms. The number of nitrogens with one attached hydrogen (secondary N) is 1. The molecule has 148 valence electrons. The zero-order valence-electron chi connectivity index (χ0n) is 15.5. The summed E-state index contributed by atoms with van der Waals surface area (Å²) in [5.74, 6) is 0.0588. The van der Waals surface area contributed by atoms with Crippen molar-refractivity contribution < 1.29 is 23.2 Å². The Labute approximate surface area is 172 Å². The Bertz CT molecular complexity index is 1010. The third-order valence-corrected chi connectivity index (χ3v) is 4.37. The topological polar surface area (TPSA) is 45.4 Å². The first-order valence-electron chi connectivity index (χ1n) is 8.77. The van der Waals surface area contributed by atoms with Gasteiger partial charge in [-0.25, -0.2) is 0 Å². The van der Waals surface area contributed by atoms with Crippen LogP contribution in [0.2, 0.25) is 0 Å². The van der Waals surface area contributed by atoms with Crippen LogP contribution in [0.1, 0.15) is 11.1 Å².